The van der Waals surface area contributed by atoms with Gasteiger partial charge in [0.15, 0.2) is 0 Å². The zero-order valence-electron chi connectivity index (χ0n) is 15.3. The Kier molecular flexibility index (Phi) is 5.96. The lowest BCUT2D eigenvalue weighted by atomic mass is 9.94. The van der Waals surface area contributed by atoms with Crippen LogP contribution in [0.15, 0.2) is 18.2 Å². The van der Waals surface area contributed by atoms with E-state index in [2.05, 4.69) is 5.32 Å². The Labute approximate surface area is 168 Å². The van der Waals surface area contributed by atoms with Crippen LogP contribution in [0.1, 0.15) is 43.0 Å². The van der Waals surface area contributed by atoms with Gasteiger partial charge in [0, 0.05) is 44.6 Å². The smallest absolute Gasteiger partial charge is 0.255 e. The summed E-state index contributed by atoms with van der Waals surface area (Å²) in [6.45, 7) is 3.89. The predicted octanol–water partition coefficient (Wildman–Crippen LogP) is 2.73. The average Bonchev–Trinajstić information content (AvgIpc) is 3.01. The number of halogens is 2. The molecular weight excluding hydrogens is 389 g/mol. The monoisotopic (exact) mass is 411 g/mol. The molecule has 0 unspecified atom stereocenters. The third kappa shape index (κ3) is 4.55. The Morgan fingerprint density at radius 2 is 1.81 bits per heavy atom. The second kappa shape index (κ2) is 8.07. The number of nitrogens with zero attached hydrogens (tertiary/aromatic N) is 2. The topological polar surface area (TPSA) is 69.7 Å². The number of carbonyl (C=O) groups is 3. The van der Waals surface area contributed by atoms with E-state index in [-0.39, 0.29) is 28.3 Å². The quantitative estimate of drug-likeness (QED) is 0.827. The lowest BCUT2D eigenvalue weighted by Gasteiger charge is -2.35. The van der Waals surface area contributed by atoms with Crippen molar-refractivity contribution in [2.75, 3.05) is 26.2 Å². The highest BCUT2D eigenvalue weighted by Crippen LogP contribution is 2.27. The van der Waals surface area contributed by atoms with Crippen molar-refractivity contribution in [1.29, 1.82) is 0 Å². The second-order valence-corrected chi connectivity index (χ2v) is 8.17. The largest absolute Gasteiger partial charge is 0.351 e. The van der Waals surface area contributed by atoms with Gasteiger partial charge in [0.05, 0.1) is 15.6 Å². The van der Waals surface area contributed by atoms with Crippen LogP contribution in [0.5, 0.6) is 0 Å². The van der Waals surface area contributed by atoms with Crippen LogP contribution in [0.4, 0.5) is 0 Å². The van der Waals surface area contributed by atoms with Gasteiger partial charge in [0.1, 0.15) is 0 Å². The minimum absolute atomic E-state index is 0.0525. The van der Waals surface area contributed by atoms with Crippen molar-refractivity contribution in [3.8, 4) is 0 Å². The summed E-state index contributed by atoms with van der Waals surface area (Å²) in [6, 6.07) is 5.00. The fraction of sp³-hybridized carbons (Fsp3) is 0.526. The minimum atomic E-state index is -0.284. The van der Waals surface area contributed by atoms with Crippen molar-refractivity contribution >= 4 is 40.9 Å². The highest BCUT2D eigenvalue weighted by Gasteiger charge is 2.34. The number of benzene rings is 1. The molecule has 2 heterocycles. The number of rotatable bonds is 4. The van der Waals surface area contributed by atoms with Crippen molar-refractivity contribution < 1.29 is 14.4 Å². The first-order valence-corrected chi connectivity index (χ1v) is 9.87. The summed E-state index contributed by atoms with van der Waals surface area (Å²) in [5, 5.41) is 3.56. The lowest BCUT2D eigenvalue weighted by molar-refractivity contribution is -0.133. The highest BCUT2D eigenvalue weighted by atomic mass is 35.5. The van der Waals surface area contributed by atoms with Gasteiger partial charge in [0.25, 0.3) is 5.91 Å². The molecule has 1 aromatic carbocycles. The van der Waals surface area contributed by atoms with Crippen molar-refractivity contribution in [2.45, 2.75) is 38.1 Å². The molecule has 0 bridgehead atoms. The molecule has 8 heteroatoms. The summed E-state index contributed by atoms with van der Waals surface area (Å²) in [7, 11) is 0. The number of nitrogens with one attached hydrogen (secondary N) is 1. The molecule has 3 amide bonds. The summed E-state index contributed by atoms with van der Waals surface area (Å²) in [5.74, 6) is -0.0576. The lowest BCUT2D eigenvalue weighted by Crippen LogP contribution is -2.51. The molecule has 3 rings (SSSR count). The van der Waals surface area contributed by atoms with Crippen LogP contribution in [0.3, 0.4) is 0 Å². The molecule has 1 atom stereocenters. The van der Waals surface area contributed by atoms with Crippen molar-refractivity contribution in [3.63, 3.8) is 0 Å². The number of hydrogen-bond acceptors (Lipinski definition) is 3. The Morgan fingerprint density at radius 1 is 1.15 bits per heavy atom. The Hall–Kier alpha value is -1.79. The van der Waals surface area contributed by atoms with Gasteiger partial charge in [-0.15, -0.1) is 0 Å². The third-order valence-corrected chi connectivity index (χ3v) is 6.16. The van der Waals surface area contributed by atoms with Gasteiger partial charge >= 0.3 is 0 Å². The minimum Gasteiger partial charge on any atom is -0.351 e. The number of amides is 3. The zero-order chi connectivity index (χ0) is 19.6. The fourth-order valence-corrected chi connectivity index (χ4v) is 3.96. The van der Waals surface area contributed by atoms with Gasteiger partial charge in [-0.2, -0.15) is 0 Å². The standard InChI is InChI=1S/C19H23Cl2N3O3/c1-19(7-5-15(25)22-19)8-6-16(26)23-9-11-24(12-10-23)18(27)13-3-2-4-14(20)17(13)21/h2-4H,5-12H2,1H3,(H,22,25)/t19-/m0/s1. The first-order chi connectivity index (χ1) is 12.8. The van der Waals surface area contributed by atoms with Crippen LogP contribution in [0.25, 0.3) is 0 Å². The molecule has 2 saturated heterocycles. The van der Waals surface area contributed by atoms with Gasteiger partial charge < -0.3 is 15.1 Å². The normalized spacial score (nSPS) is 22.7. The SMILES string of the molecule is C[C@@]1(CCC(=O)N2CCN(C(=O)c3cccc(Cl)c3Cl)CC2)CCC(=O)N1. The maximum atomic E-state index is 12.7. The molecule has 0 radical (unpaired) electrons. The molecule has 6 nitrogen and oxygen atoms in total. The first kappa shape index (κ1) is 20.0. The van der Waals surface area contributed by atoms with E-state index in [1.807, 2.05) is 6.92 Å². The van der Waals surface area contributed by atoms with Crippen LogP contribution < -0.4 is 5.32 Å². The second-order valence-electron chi connectivity index (χ2n) is 7.38. The molecule has 2 aliphatic heterocycles. The highest BCUT2D eigenvalue weighted by molar-refractivity contribution is 6.43. The summed E-state index contributed by atoms with van der Waals surface area (Å²) in [5.41, 5.74) is 0.0993. The summed E-state index contributed by atoms with van der Waals surface area (Å²) < 4.78 is 0. The molecular formula is C19H23Cl2N3O3. The molecule has 27 heavy (non-hydrogen) atoms. The van der Waals surface area contributed by atoms with E-state index in [0.29, 0.717) is 56.0 Å². The van der Waals surface area contributed by atoms with E-state index >= 15 is 0 Å². The summed E-state index contributed by atoms with van der Waals surface area (Å²) in [4.78, 5) is 40.0. The van der Waals surface area contributed by atoms with E-state index in [4.69, 9.17) is 23.2 Å². The van der Waals surface area contributed by atoms with Crippen molar-refractivity contribution in [1.82, 2.24) is 15.1 Å². The van der Waals surface area contributed by atoms with Crippen LogP contribution in [0, 0.1) is 0 Å². The Bertz CT molecular complexity index is 763. The maximum absolute atomic E-state index is 12.7. The zero-order valence-corrected chi connectivity index (χ0v) is 16.8. The van der Waals surface area contributed by atoms with Crippen molar-refractivity contribution in [2.24, 2.45) is 0 Å². The van der Waals surface area contributed by atoms with E-state index in [0.717, 1.165) is 6.42 Å². The molecule has 0 aliphatic carbocycles. The molecule has 146 valence electrons. The van der Waals surface area contributed by atoms with Crippen LogP contribution in [-0.4, -0.2) is 59.2 Å². The van der Waals surface area contributed by atoms with E-state index in [1.165, 1.54) is 0 Å². The molecule has 2 fully saturated rings. The van der Waals surface area contributed by atoms with Crippen LogP contribution >= 0.6 is 23.2 Å². The van der Waals surface area contributed by atoms with E-state index in [1.54, 1.807) is 28.0 Å². The van der Waals surface area contributed by atoms with Crippen LogP contribution in [0.2, 0.25) is 10.0 Å². The van der Waals surface area contributed by atoms with E-state index < -0.39 is 0 Å². The first-order valence-electron chi connectivity index (χ1n) is 9.11. The Morgan fingerprint density at radius 3 is 2.44 bits per heavy atom. The van der Waals surface area contributed by atoms with E-state index in [9.17, 15) is 14.4 Å². The average molecular weight is 412 g/mol. The molecule has 1 N–H and O–H groups in total. The predicted molar refractivity (Wildman–Crippen MR) is 104 cm³/mol. The van der Waals surface area contributed by atoms with Crippen molar-refractivity contribution in [3.05, 3.63) is 33.8 Å². The Balaban J connectivity index is 1.51. The molecule has 0 saturated carbocycles. The number of piperazine rings is 1. The number of carbonyl (C=O) groups excluding carboxylic acids is 3. The molecule has 0 spiro atoms. The third-order valence-electron chi connectivity index (χ3n) is 5.34. The summed E-state index contributed by atoms with van der Waals surface area (Å²) >= 11 is 12.1. The summed E-state index contributed by atoms with van der Waals surface area (Å²) in [6.07, 6.45) is 2.32. The number of hydrogen-bond donors (Lipinski definition) is 1. The van der Waals surface area contributed by atoms with Gasteiger partial charge in [-0.3, -0.25) is 14.4 Å². The maximum Gasteiger partial charge on any atom is 0.255 e. The van der Waals surface area contributed by atoms with Gasteiger partial charge in [-0.1, -0.05) is 29.3 Å². The van der Waals surface area contributed by atoms with Crippen LogP contribution in [-0.2, 0) is 9.59 Å². The fourth-order valence-electron chi connectivity index (χ4n) is 3.58. The van der Waals surface area contributed by atoms with Gasteiger partial charge in [-0.05, 0) is 31.9 Å². The molecule has 0 aromatic heterocycles. The molecule has 2 aliphatic rings. The van der Waals surface area contributed by atoms with Gasteiger partial charge in [-0.25, -0.2) is 0 Å². The molecule has 1 aromatic rings. The van der Waals surface area contributed by atoms with Gasteiger partial charge in [0.2, 0.25) is 11.8 Å².